The van der Waals surface area contributed by atoms with Gasteiger partial charge in [0.25, 0.3) is 0 Å². The average molecular weight is 576 g/mol. The van der Waals surface area contributed by atoms with E-state index in [0.29, 0.717) is 0 Å². The molecule has 0 aliphatic carbocycles. The molecule has 0 saturated heterocycles. The van der Waals surface area contributed by atoms with Crippen molar-refractivity contribution in [2.24, 2.45) is 0 Å². The van der Waals surface area contributed by atoms with Crippen molar-refractivity contribution in [3.05, 3.63) is 54.4 Å². The fraction of sp³-hybridized carbons (Fsp3) is 0.235. The molecule has 0 atom stereocenters. The summed E-state index contributed by atoms with van der Waals surface area (Å²) in [4.78, 5) is 22.7. The van der Waals surface area contributed by atoms with E-state index in [-0.39, 0.29) is 13.2 Å². The van der Waals surface area contributed by atoms with Crippen molar-refractivity contribution in [1.29, 1.82) is 0 Å². The first kappa shape index (κ1) is 22.5. The Bertz CT molecular complexity index is 566. The third-order valence-electron chi connectivity index (χ3n) is 2.38. The number of alkyl halides is 1. The second kappa shape index (κ2) is 14.2. The van der Waals surface area contributed by atoms with E-state index >= 15 is 0 Å². The van der Waals surface area contributed by atoms with E-state index in [4.69, 9.17) is 5.11 Å². The van der Waals surface area contributed by atoms with Crippen molar-refractivity contribution in [3.8, 4) is 11.1 Å². The predicted octanol–water partition coefficient (Wildman–Crippen LogP) is 2.76. The summed E-state index contributed by atoms with van der Waals surface area (Å²) >= 11 is 0. The molecule has 0 radical (unpaired) electrons. The van der Waals surface area contributed by atoms with Gasteiger partial charge in [-0.1, -0.05) is 29.8 Å². The summed E-state index contributed by atoms with van der Waals surface area (Å²) in [6, 6.07) is 12.5. The van der Waals surface area contributed by atoms with Crippen LogP contribution < -0.4 is 5.32 Å². The Morgan fingerprint density at radius 2 is 1.62 bits per heavy atom. The van der Waals surface area contributed by atoms with Crippen LogP contribution in [0.3, 0.4) is 0 Å². The minimum atomic E-state index is -1.07. The number of amides is 1. The molecule has 2 rings (SSSR count). The van der Waals surface area contributed by atoms with Gasteiger partial charge >= 0.3 is 5.97 Å². The van der Waals surface area contributed by atoms with Crippen LogP contribution in [0, 0.1) is 6.92 Å². The van der Waals surface area contributed by atoms with Crippen molar-refractivity contribution >= 4 is 12.4 Å². The van der Waals surface area contributed by atoms with Crippen molar-refractivity contribution in [2.45, 2.75) is 13.8 Å². The number of carbonyl (C=O) groups excluding carboxylic acids is 1. The van der Waals surface area contributed by atoms with Gasteiger partial charge in [-0.15, -0.1) is 0 Å². The molecule has 7 heteroatoms. The fourth-order valence-electron chi connectivity index (χ4n) is 1.40. The van der Waals surface area contributed by atoms with Gasteiger partial charge in [0.2, 0.25) is 0 Å². The van der Waals surface area contributed by atoms with Crippen molar-refractivity contribution < 1.29 is 19.1 Å². The Labute approximate surface area is 135 Å². The number of halogens is 1. The first-order valence-corrected chi connectivity index (χ1v) is 6.90. The third kappa shape index (κ3) is 11.0. The van der Waals surface area contributed by atoms with E-state index in [1.54, 1.807) is 0 Å². The Morgan fingerprint density at radius 3 is 2.00 bits per heavy atom. The number of hydrogen-bond donors (Lipinski definition) is 2. The number of aromatic nitrogens is 1. The molecule has 5 nitrogen and oxygen atoms in total. The number of nitrogens with zero attached hydrogens (tertiary/aromatic N) is 1. The second-order valence-corrected chi connectivity index (χ2v) is 4.22. The monoisotopic (exact) mass is 576 g/mol. The van der Waals surface area contributed by atoms with Gasteiger partial charge in [0, 0.05) is 12.4 Å². The van der Waals surface area contributed by atoms with E-state index in [9.17, 15) is 14.0 Å². The maximum atomic E-state index is 10.3. The third-order valence-corrected chi connectivity index (χ3v) is 2.38. The summed E-state index contributed by atoms with van der Waals surface area (Å²) in [7, 11) is 0. The average Bonchev–Trinajstić information content (AvgIpc) is 2.56. The molecular formula is C17H20FFmN2O3-. The van der Waals surface area contributed by atoms with Gasteiger partial charge in [0.15, 0.2) is 0 Å². The summed E-state index contributed by atoms with van der Waals surface area (Å²) in [5, 5.41) is 9.65. The Kier molecular flexibility index (Phi) is 13.3. The number of benzene rings is 1. The smallest absolute Gasteiger partial charge is 0.320 e. The minimum Gasteiger partial charge on any atom is -0.521 e. The van der Waals surface area contributed by atoms with Gasteiger partial charge in [0.05, 0.1) is 13.2 Å². The van der Waals surface area contributed by atoms with E-state index < -0.39 is 5.97 Å². The molecule has 24 heavy (non-hydrogen) atoms. The van der Waals surface area contributed by atoms with Crippen molar-refractivity contribution in [3.63, 3.8) is 0 Å². The Balaban J connectivity index is 0. The zero-order valence-corrected chi connectivity index (χ0v) is 15.8. The molecule has 0 aliphatic rings. The number of carboxylic acid groups (broad SMARTS) is 1. The van der Waals surface area contributed by atoms with E-state index in [2.05, 4.69) is 36.2 Å². The molecule has 0 saturated carbocycles. The first-order valence-electron chi connectivity index (χ1n) is 6.90. The number of hydrogen-bond acceptors (Lipinski definition) is 3. The van der Waals surface area contributed by atoms with Crippen LogP contribution in [0.5, 0.6) is 0 Å². The van der Waals surface area contributed by atoms with Crippen LogP contribution >= 0.6 is 0 Å². The second-order valence-electron chi connectivity index (χ2n) is 4.22. The zero-order chi connectivity index (χ0) is 17.5. The first-order chi connectivity index (χ1) is 11.0. The molecule has 0 spiro atoms. The molecule has 1 aromatic heterocycles. The molecule has 136 valence electrons. The predicted molar refractivity (Wildman–Crippen MR) is 87.4 cm³/mol. The van der Waals surface area contributed by atoms with Crippen LogP contribution in [-0.2, 0) is 9.59 Å². The summed E-state index contributed by atoms with van der Waals surface area (Å²) in [6.45, 7) is 2.94. The topological polar surface area (TPSA) is 79.3 Å². The Morgan fingerprint density at radius 1 is 1.17 bits per heavy atom. The molecule has 0 fully saturated rings. The van der Waals surface area contributed by atoms with Crippen LogP contribution in [0.25, 0.3) is 11.1 Å². The van der Waals surface area contributed by atoms with Gasteiger partial charge in [0.1, 0.15) is 0 Å². The van der Waals surface area contributed by atoms with E-state index in [1.807, 2.05) is 29.8 Å². The number of rotatable bonds is 4. The number of aryl methyl sites for hydroxylation is 1. The molecule has 1 heterocycles. The van der Waals surface area contributed by atoms with Crippen LogP contribution in [0.15, 0.2) is 48.8 Å². The van der Waals surface area contributed by atoms with E-state index in [1.165, 1.54) is 30.0 Å². The van der Waals surface area contributed by atoms with Crippen LogP contribution in [-0.4, -0.2) is 35.7 Å². The summed E-state index contributed by atoms with van der Waals surface area (Å²) < 4.78 is 10.3. The van der Waals surface area contributed by atoms with Crippen molar-refractivity contribution in [1.82, 2.24) is 10.3 Å². The normalized spacial score (nSPS) is 8.29. The van der Waals surface area contributed by atoms with Gasteiger partial charge in [-0.05, 0) is 37.1 Å². The molecule has 2 N–H and O–H groups in total. The molecule has 0 unspecified atom stereocenters. The summed E-state index contributed by atoms with van der Waals surface area (Å²) in [5.74, 6) is -1.07. The molecule has 1 amide bonds. The molecular weight excluding hydrogens is 556 g/mol. The maximum Gasteiger partial charge on any atom is 0.320 e. The summed E-state index contributed by atoms with van der Waals surface area (Å²) in [6.07, 6.45) is 4.85. The van der Waals surface area contributed by atoms with Gasteiger partial charge in [-0.3, -0.25) is 14.2 Å². The van der Waals surface area contributed by atoms with Gasteiger partial charge in [-0.25, -0.2) is 0 Å². The summed E-state index contributed by atoms with van der Waals surface area (Å²) in [5.41, 5.74) is 3.75. The molecule has 0 aliphatic heterocycles. The Hall–Kier alpha value is -3.76. The van der Waals surface area contributed by atoms with Crippen molar-refractivity contribution in [2.75, 3.05) is 13.2 Å². The number of pyridine rings is 1. The van der Waals surface area contributed by atoms with Crippen LogP contribution in [0.1, 0.15) is 12.5 Å². The molecule has 0 bridgehead atoms. The largest absolute Gasteiger partial charge is 0.521 e. The molecule has 2 aromatic rings. The van der Waals surface area contributed by atoms with Gasteiger partial charge in [-0.2, -0.15) is 6.41 Å². The fourth-order valence-corrected chi connectivity index (χ4v) is 1.40. The van der Waals surface area contributed by atoms with E-state index in [0.717, 1.165) is 0 Å². The number of carbonyl (C=O) groups is 1. The quantitative estimate of drug-likeness (QED) is 0.434. The standard InChI is InChI=1S/C12H11N.C3H4NO3.C2H5F.Fm/c1-10-2-4-11(5-3-10)12-6-8-13-9-7-12;5-2-4-1-3(6)7;1-2-3;/h2-9H,1H3;1H2,(H,4,5)(H,6,7);2H2,1H3;/q;-1;;. The zero-order valence-electron chi connectivity index (χ0n) is 13.4. The molecule has 1 aromatic carbocycles. The number of aliphatic carboxylic acids is 1. The van der Waals surface area contributed by atoms with Gasteiger partial charge < -0.3 is 15.2 Å². The number of nitrogens with one attached hydrogen (secondary N) is 1. The van der Waals surface area contributed by atoms with Crippen LogP contribution in [0.4, 0.5) is 4.39 Å². The maximum absolute atomic E-state index is 10.3. The minimum absolute atomic E-state index is 0. The van der Waals surface area contributed by atoms with Crippen LogP contribution in [0.2, 0.25) is 0 Å². The SMILES string of the molecule is CCF.Cc1ccc(-c2ccncc2)cc1.O=[C-]NCC(=O)O.[Fm]. The number of carboxylic acids is 1.